The third kappa shape index (κ3) is 50.4. The molecule has 0 fully saturated rings. The molecular weight excluding hydrogens is 892 g/mol. The first-order chi connectivity index (χ1) is 33.9. The van der Waals surface area contributed by atoms with Crippen molar-refractivity contribution in [2.24, 2.45) is 0 Å². The van der Waals surface area contributed by atoms with E-state index in [2.05, 4.69) is 86.8 Å². The van der Waals surface area contributed by atoms with Gasteiger partial charge in [-0.15, -0.1) is 0 Å². The highest BCUT2D eigenvalue weighted by Crippen LogP contribution is 2.38. The summed E-state index contributed by atoms with van der Waals surface area (Å²) in [5.41, 5.74) is 0. The number of hydrogen-bond acceptors (Lipinski definition) is 7. The van der Waals surface area contributed by atoms with E-state index >= 15 is 0 Å². The Hall–Kier alpha value is -2.55. The minimum atomic E-state index is -4.70. The zero-order chi connectivity index (χ0) is 51.5. The van der Waals surface area contributed by atoms with E-state index in [0.717, 1.165) is 103 Å². The predicted molar refractivity (Wildman–Crippen MR) is 298 cm³/mol. The number of quaternary nitrogens is 1. The van der Waals surface area contributed by atoms with Gasteiger partial charge in [0.2, 0.25) is 5.91 Å². The minimum Gasteiger partial charge on any atom is -0.756 e. The number of nitrogens with zero attached hydrogens (tertiary/aromatic N) is 1. The van der Waals surface area contributed by atoms with Crippen LogP contribution in [0.1, 0.15) is 245 Å². The standard InChI is InChI=1S/C60H109N2O7P/c1-7-10-13-16-19-22-25-28-30-31-33-34-37-40-43-46-49-52-59(63)61-57(56-68-70(65,66)67-55-54-62(4,5)6)58(51-48-45-42-39-36-27-24-21-18-15-12-9-3)69-60(64)53-50-47-44-41-38-35-32-29-26-23-20-17-14-11-8-2/h19-20,22-23,26,28-30,33-34,48,51,57-58H,7-18,21,24-25,27,31-32,35-47,49-50,52-56H2,1-6H3,(H-,61,63,65,66)/b22-19-,23-20+,29-26+,30-28-,34-33-,51-48+. The fourth-order valence-electron chi connectivity index (χ4n) is 7.87. The highest BCUT2D eigenvalue weighted by molar-refractivity contribution is 7.45. The molecule has 0 bridgehead atoms. The summed E-state index contributed by atoms with van der Waals surface area (Å²) in [5.74, 6) is -0.582. The largest absolute Gasteiger partial charge is 0.756 e. The van der Waals surface area contributed by atoms with Crippen LogP contribution in [0, 0.1) is 0 Å². The molecule has 0 aromatic heterocycles. The number of carbonyl (C=O) groups is 2. The van der Waals surface area contributed by atoms with Gasteiger partial charge in [0.05, 0.1) is 33.8 Å². The number of amides is 1. The Morgan fingerprint density at radius 2 is 0.914 bits per heavy atom. The fourth-order valence-corrected chi connectivity index (χ4v) is 8.59. The maximum absolute atomic E-state index is 13.5. The molecule has 70 heavy (non-hydrogen) atoms. The van der Waals surface area contributed by atoms with Crippen molar-refractivity contribution in [3.05, 3.63) is 72.9 Å². The number of likely N-dealkylation sites (N-methyl/N-ethyl adjacent to an activating group) is 1. The highest BCUT2D eigenvalue weighted by atomic mass is 31.2. The van der Waals surface area contributed by atoms with Crippen molar-refractivity contribution in [1.29, 1.82) is 0 Å². The maximum atomic E-state index is 13.5. The average Bonchev–Trinajstić information content (AvgIpc) is 3.32. The summed E-state index contributed by atoms with van der Waals surface area (Å²) in [6.07, 6.45) is 62.8. The van der Waals surface area contributed by atoms with E-state index in [-0.39, 0.29) is 31.3 Å². The number of allylic oxidation sites excluding steroid dienone is 11. The molecule has 9 nitrogen and oxygen atoms in total. The van der Waals surface area contributed by atoms with Crippen molar-refractivity contribution in [1.82, 2.24) is 5.32 Å². The van der Waals surface area contributed by atoms with Crippen LogP contribution in [-0.2, 0) is 27.9 Å². The highest BCUT2D eigenvalue weighted by Gasteiger charge is 2.27. The molecule has 0 rings (SSSR count). The van der Waals surface area contributed by atoms with E-state index in [1.165, 1.54) is 96.3 Å². The maximum Gasteiger partial charge on any atom is 0.306 e. The number of unbranched alkanes of at least 4 members (excludes halogenated alkanes) is 26. The molecule has 3 atom stereocenters. The monoisotopic (exact) mass is 1000 g/mol. The summed E-state index contributed by atoms with van der Waals surface area (Å²) in [7, 11) is 1.16. The van der Waals surface area contributed by atoms with Crippen LogP contribution in [-0.4, -0.2) is 69.4 Å². The Labute approximate surface area is 432 Å². The van der Waals surface area contributed by atoms with Crippen LogP contribution in [0.3, 0.4) is 0 Å². The lowest BCUT2D eigenvalue weighted by atomic mass is 10.0. The quantitative estimate of drug-likeness (QED) is 0.0161. The van der Waals surface area contributed by atoms with E-state index in [1.807, 2.05) is 33.3 Å². The first kappa shape index (κ1) is 67.5. The van der Waals surface area contributed by atoms with Crippen molar-refractivity contribution < 1.29 is 37.3 Å². The van der Waals surface area contributed by atoms with Crippen LogP contribution in [0.4, 0.5) is 0 Å². The van der Waals surface area contributed by atoms with Crippen molar-refractivity contribution in [3.63, 3.8) is 0 Å². The van der Waals surface area contributed by atoms with Gasteiger partial charge in [-0.3, -0.25) is 14.2 Å². The first-order valence-electron chi connectivity index (χ1n) is 28.8. The summed E-state index contributed by atoms with van der Waals surface area (Å²) < 4.78 is 30.2. The van der Waals surface area contributed by atoms with E-state index in [9.17, 15) is 19.0 Å². The normalized spacial score (nSPS) is 14.3. The summed E-state index contributed by atoms with van der Waals surface area (Å²) in [5, 5.41) is 3.00. The molecule has 0 saturated carbocycles. The van der Waals surface area contributed by atoms with Gasteiger partial charge in [-0.2, -0.15) is 0 Å². The number of hydrogen-bond donors (Lipinski definition) is 1. The number of rotatable bonds is 51. The summed E-state index contributed by atoms with van der Waals surface area (Å²) in [6, 6.07) is -0.906. The Morgan fingerprint density at radius 3 is 1.41 bits per heavy atom. The Balaban J connectivity index is 5.42. The summed E-state index contributed by atoms with van der Waals surface area (Å²) in [6.45, 7) is 6.75. The topological polar surface area (TPSA) is 114 Å². The molecule has 0 aromatic rings. The van der Waals surface area contributed by atoms with Crippen molar-refractivity contribution in [3.8, 4) is 0 Å². The molecule has 0 aliphatic rings. The molecule has 0 aliphatic heterocycles. The molecule has 0 saturated heterocycles. The van der Waals surface area contributed by atoms with E-state index in [0.29, 0.717) is 23.9 Å². The van der Waals surface area contributed by atoms with E-state index in [4.69, 9.17) is 13.8 Å². The Morgan fingerprint density at radius 1 is 0.514 bits per heavy atom. The van der Waals surface area contributed by atoms with Gasteiger partial charge in [0, 0.05) is 12.8 Å². The molecule has 0 spiro atoms. The lowest BCUT2D eigenvalue weighted by Crippen LogP contribution is -2.47. The Kier molecular flexibility index (Phi) is 48.2. The molecule has 0 aliphatic carbocycles. The Bertz CT molecular complexity index is 1430. The number of phosphoric acid groups is 1. The zero-order valence-electron chi connectivity index (χ0n) is 46.2. The molecule has 406 valence electrons. The summed E-state index contributed by atoms with van der Waals surface area (Å²) in [4.78, 5) is 39.8. The molecule has 10 heteroatoms. The van der Waals surface area contributed by atoms with Gasteiger partial charge in [0.1, 0.15) is 19.3 Å². The van der Waals surface area contributed by atoms with Gasteiger partial charge >= 0.3 is 5.97 Å². The lowest BCUT2D eigenvalue weighted by molar-refractivity contribution is -0.870. The van der Waals surface area contributed by atoms with Crippen molar-refractivity contribution >= 4 is 19.7 Å². The number of phosphoric ester groups is 1. The van der Waals surface area contributed by atoms with Crippen LogP contribution in [0.25, 0.3) is 0 Å². The van der Waals surface area contributed by atoms with Gasteiger partial charge in [-0.05, 0) is 96.0 Å². The third-order valence-corrected chi connectivity index (χ3v) is 13.4. The van der Waals surface area contributed by atoms with Crippen LogP contribution < -0.4 is 10.2 Å². The van der Waals surface area contributed by atoms with Gasteiger partial charge in [0.15, 0.2) is 0 Å². The zero-order valence-corrected chi connectivity index (χ0v) is 47.1. The SMILES string of the molecule is CCCCC/C=C\C/C=C\C/C=C\CCCCCCC(=O)NC(COP(=O)([O-])OCC[N+](C)(C)C)C(/C=C/CCCCCCCCCCCC)OC(=O)CCCCCCCC/C=C/C=C/CCCCC. The molecule has 0 aromatic carbocycles. The van der Waals surface area contributed by atoms with Gasteiger partial charge in [-0.25, -0.2) is 0 Å². The minimum absolute atomic E-state index is 0.0314. The number of nitrogens with one attached hydrogen (secondary N) is 1. The van der Waals surface area contributed by atoms with Gasteiger partial charge in [-0.1, -0.05) is 210 Å². The molecule has 0 heterocycles. The van der Waals surface area contributed by atoms with Crippen LogP contribution in [0.15, 0.2) is 72.9 Å². The smallest absolute Gasteiger partial charge is 0.306 e. The predicted octanol–water partition coefficient (Wildman–Crippen LogP) is 16.6. The second-order valence-electron chi connectivity index (χ2n) is 20.5. The summed E-state index contributed by atoms with van der Waals surface area (Å²) >= 11 is 0. The lowest BCUT2D eigenvalue weighted by Gasteiger charge is -2.30. The van der Waals surface area contributed by atoms with Gasteiger partial charge < -0.3 is 28.5 Å². The van der Waals surface area contributed by atoms with E-state index in [1.54, 1.807) is 0 Å². The molecular formula is C60H109N2O7P. The van der Waals surface area contributed by atoms with Crippen molar-refractivity contribution in [2.45, 2.75) is 258 Å². The first-order valence-corrected chi connectivity index (χ1v) is 30.2. The number of carbonyl (C=O) groups excluding carboxylic acids is 2. The van der Waals surface area contributed by atoms with Crippen molar-refractivity contribution in [2.75, 3.05) is 40.9 Å². The van der Waals surface area contributed by atoms with Gasteiger partial charge in [0.25, 0.3) is 7.82 Å². The fraction of sp³-hybridized carbons (Fsp3) is 0.767. The van der Waals surface area contributed by atoms with Crippen LogP contribution in [0.5, 0.6) is 0 Å². The number of ether oxygens (including phenoxy) is 1. The third-order valence-electron chi connectivity index (χ3n) is 12.4. The van der Waals surface area contributed by atoms with E-state index < -0.39 is 26.6 Å². The second kappa shape index (κ2) is 50.0. The van der Waals surface area contributed by atoms with Crippen LogP contribution in [0.2, 0.25) is 0 Å². The second-order valence-corrected chi connectivity index (χ2v) is 21.9. The molecule has 0 radical (unpaired) electrons. The number of esters is 1. The average molecular weight is 1000 g/mol. The molecule has 1 N–H and O–H groups in total. The molecule has 1 amide bonds. The molecule has 3 unspecified atom stereocenters. The van der Waals surface area contributed by atoms with Crippen LogP contribution >= 0.6 is 7.82 Å².